The molecule has 0 saturated heterocycles. The first kappa shape index (κ1) is 17.9. The molecule has 2 nitrogen and oxygen atoms in total. The van der Waals surface area contributed by atoms with Gasteiger partial charge < -0.3 is 0 Å². The second-order valence-corrected chi connectivity index (χ2v) is 5.90. The van der Waals surface area contributed by atoms with Gasteiger partial charge in [-0.05, 0) is 47.9 Å². The second-order valence-electron chi connectivity index (χ2n) is 5.90. The molecule has 0 aliphatic heterocycles. The number of hydrogen-bond acceptors (Lipinski definition) is 2. The number of allylic oxidation sites excluding steroid dienone is 1. The molecule has 0 N–H and O–H groups in total. The fraction of sp³-hybridized carbons (Fsp3) is 0.273. The van der Waals surface area contributed by atoms with Crippen LogP contribution in [0.2, 0.25) is 0 Å². The summed E-state index contributed by atoms with van der Waals surface area (Å²) in [7, 11) is 0. The van der Waals surface area contributed by atoms with E-state index >= 15 is 0 Å². The number of nitrogens with zero attached hydrogens (tertiary/aromatic N) is 2. The zero-order valence-corrected chi connectivity index (χ0v) is 14.5. The van der Waals surface area contributed by atoms with Gasteiger partial charge in [-0.25, -0.2) is 0 Å². The average molecular weight is 318 g/mol. The van der Waals surface area contributed by atoms with Gasteiger partial charge >= 0.3 is 0 Å². The van der Waals surface area contributed by atoms with Gasteiger partial charge in [0.2, 0.25) is 0 Å². The van der Waals surface area contributed by atoms with E-state index in [0.29, 0.717) is 0 Å². The Hall–Kier alpha value is -2.48. The monoisotopic (exact) mass is 318 g/mol. The van der Waals surface area contributed by atoms with Crippen molar-refractivity contribution < 1.29 is 0 Å². The van der Waals surface area contributed by atoms with Gasteiger partial charge in [0.25, 0.3) is 0 Å². The Labute approximate surface area is 145 Å². The Morgan fingerprint density at radius 3 is 1.75 bits per heavy atom. The topological polar surface area (TPSA) is 24.7 Å². The van der Waals surface area contributed by atoms with Crippen LogP contribution in [0.5, 0.6) is 0 Å². The minimum Gasteiger partial charge on any atom is -0.159 e. The van der Waals surface area contributed by atoms with E-state index in [1.807, 2.05) is 6.08 Å². The normalized spacial score (nSPS) is 11.4. The van der Waals surface area contributed by atoms with Crippen molar-refractivity contribution >= 4 is 12.4 Å². The Bertz CT molecular complexity index is 664. The molecule has 0 spiro atoms. The zero-order valence-electron chi connectivity index (χ0n) is 14.5. The summed E-state index contributed by atoms with van der Waals surface area (Å²) in [5.41, 5.74) is 4.84. The van der Waals surface area contributed by atoms with Gasteiger partial charge in [0.1, 0.15) is 0 Å². The van der Waals surface area contributed by atoms with Crippen molar-refractivity contribution in [2.75, 3.05) is 0 Å². The lowest BCUT2D eigenvalue weighted by Gasteiger charge is -1.99. The molecular formula is C22H26N2. The molecule has 2 heteroatoms. The Balaban J connectivity index is 1.86. The summed E-state index contributed by atoms with van der Waals surface area (Å²) in [6.07, 6.45) is 11.2. The predicted molar refractivity (Wildman–Crippen MR) is 105 cm³/mol. The first-order chi connectivity index (χ1) is 11.8. The van der Waals surface area contributed by atoms with E-state index in [1.54, 1.807) is 12.4 Å². The van der Waals surface area contributed by atoms with E-state index in [9.17, 15) is 0 Å². The lowest BCUT2D eigenvalue weighted by atomic mass is 10.1. The summed E-state index contributed by atoms with van der Waals surface area (Å²) < 4.78 is 0. The van der Waals surface area contributed by atoms with E-state index in [0.717, 1.165) is 30.4 Å². The van der Waals surface area contributed by atoms with Crippen molar-refractivity contribution in [2.24, 2.45) is 10.2 Å². The maximum Gasteiger partial charge on any atom is 0.0568 e. The summed E-state index contributed by atoms with van der Waals surface area (Å²) in [6, 6.07) is 16.9. The zero-order chi connectivity index (χ0) is 17.0. The molecule has 24 heavy (non-hydrogen) atoms. The van der Waals surface area contributed by atoms with E-state index < -0.39 is 0 Å². The molecule has 0 aliphatic rings. The van der Waals surface area contributed by atoms with Crippen LogP contribution in [-0.2, 0) is 12.8 Å². The molecule has 2 aromatic carbocycles. The summed E-state index contributed by atoms with van der Waals surface area (Å²) in [4.78, 5) is 0. The third-order valence-electron chi connectivity index (χ3n) is 3.90. The minimum atomic E-state index is 1.01. The maximum atomic E-state index is 4.13. The standard InChI is InChI=1S/C22H26N2/c1-3-5-7-19-9-13-21(14-10-19)17-23-24-18-22-15-11-20(12-16-22)8-6-4-2/h3,9-18H,1,4-8H2,2H3. The van der Waals surface area contributed by atoms with E-state index in [1.165, 1.54) is 24.0 Å². The van der Waals surface area contributed by atoms with E-state index in [2.05, 4.69) is 72.2 Å². The SMILES string of the molecule is C=CCCc1ccc(C=NN=Cc2ccc(CCCC)cc2)cc1. The van der Waals surface area contributed by atoms with Crippen molar-refractivity contribution in [2.45, 2.75) is 39.0 Å². The highest BCUT2D eigenvalue weighted by Gasteiger charge is 1.93. The number of unbranched alkanes of at least 4 members (excludes halogenated alkanes) is 1. The van der Waals surface area contributed by atoms with Crippen LogP contribution >= 0.6 is 0 Å². The van der Waals surface area contributed by atoms with Gasteiger partial charge in [-0.2, -0.15) is 10.2 Å². The van der Waals surface area contributed by atoms with Crippen LogP contribution < -0.4 is 0 Å². The molecule has 0 amide bonds. The highest BCUT2D eigenvalue weighted by Crippen LogP contribution is 2.07. The fourth-order valence-corrected chi connectivity index (χ4v) is 2.39. The minimum absolute atomic E-state index is 1.01. The highest BCUT2D eigenvalue weighted by molar-refractivity contribution is 5.82. The number of hydrogen-bond donors (Lipinski definition) is 0. The van der Waals surface area contributed by atoms with Gasteiger partial charge in [-0.1, -0.05) is 68.0 Å². The van der Waals surface area contributed by atoms with Gasteiger partial charge in [-0.15, -0.1) is 6.58 Å². The Morgan fingerprint density at radius 2 is 1.29 bits per heavy atom. The molecule has 0 fully saturated rings. The molecule has 0 saturated carbocycles. The third kappa shape index (κ3) is 6.33. The molecule has 0 unspecified atom stereocenters. The summed E-state index contributed by atoms with van der Waals surface area (Å²) in [5.74, 6) is 0. The van der Waals surface area contributed by atoms with Crippen LogP contribution in [0.3, 0.4) is 0 Å². The van der Waals surface area contributed by atoms with Crippen molar-refractivity contribution in [3.8, 4) is 0 Å². The van der Waals surface area contributed by atoms with Crippen LogP contribution in [0.15, 0.2) is 71.4 Å². The van der Waals surface area contributed by atoms with Crippen molar-refractivity contribution in [3.63, 3.8) is 0 Å². The molecule has 2 aromatic rings. The van der Waals surface area contributed by atoms with Crippen LogP contribution in [0, 0.1) is 0 Å². The fourth-order valence-electron chi connectivity index (χ4n) is 2.39. The number of benzene rings is 2. The maximum absolute atomic E-state index is 4.13. The quantitative estimate of drug-likeness (QED) is 0.326. The summed E-state index contributed by atoms with van der Waals surface area (Å²) >= 11 is 0. The molecule has 0 heterocycles. The highest BCUT2D eigenvalue weighted by atomic mass is 15.2. The van der Waals surface area contributed by atoms with Crippen molar-refractivity contribution in [3.05, 3.63) is 83.4 Å². The van der Waals surface area contributed by atoms with Crippen molar-refractivity contribution in [1.29, 1.82) is 0 Å². The summed E-state index contributed by atoms with van der Waals surface area (Å²) in [5, 5.41) is 8.26. The molecule has 124 valence electrons. The lowest BCUT2D eigenvalue weighted by molar-refractivity contribution is 0.795. The molecule has 0 atom stereocenters. The second kappa shape index (κ2) is 10.3. The number of aryl methyl sites for hydroxylation is 2. The van der Waals surface area contributed by atoms with Gasteiger partial charge in [0.05, 0.1) is 12.4 Å². The van der Waals surface area contributed by atoms with Crippen molar-refractivity contribution in [1.82, 2.24) is 0 Å². The Morgan fingerprint density at radius 1 is 0.792 bits per heavy atom. The molecule has 0 aromatic heterocycles. The molecule has 0 bridgehead atoms. The Kier molecular flexibility index (Phi) is 7.69. The lowest BCUT2D eigenvalue weighted by Crippen LogP contribution is -1.87. The summed E-state index contributed by atoms with van der Waals surface area (Å²) in [6.45, 7) is 5.97. The van der Waals surface area contributed by atoms with Gasteiger partial charge in [-0.3, -0.25) is 0 Å². The van der Waals surface area contributed by atoms with Crippen LogP contribution in [0.4, 0.5) is 0 Å². The first-order valence-electron chi connectivity index (χ1n) is 8.67. The first-order valence-corrected chi connectivity index (χ1v) is 8.67. The third-order valence-corrected chi connectivity index (χ3v) is 3.90. The smallest absolute Gasteiger partial charge is 0.0568 e. The molecule has 0 radical (unpaired) electrons. The molecular weight excluding hydrogens is 292 g/mol. The molecule has 0 aliphatic carbocycles. The largest absolute Gasteiger partial charge is 0.159 e. The van der Waals surface area contributed by atoms with Crippen LogP contribution in [0.25, 0.3) is 0 Å². The predicted octanol–water partition coefficient (Wildman–Crippen LogP) is 5.60. The van der Waals surface area contributed by atoms with Gasteiger partial charge in [0.15, 0.2) is 0 Å². The number of rotatable bonds is 9. The van der Waals surface area contributed by atoms with Gasteiger partial charge in [0, 0.05) is 0 Å². The molecule has 2 rings (SSSR count). The van der Waals surface area contributed by atoms with E-state index in [4.69, 9.17) is 0 Å². The van der Waals surface area contributed by atoms with Crippen LogP contribution in [0.1, 0.15) is 48.4 Å². The average Bonchev–Trinajstić information content (AvgIpc) is 2.64. The van der Waals surface area contributed by atoms with E-state index in [-0.39, 0.29) is 0 Å². The van der Waals surface area contributed by atoms with Crippen LogP contribution in [-0.4, -0.2) is 12.4 Å².